The molecule has 0 aliphatic heterocycles. The van der Waals surface area contributed by atoms with E-state index in [1.807, 2.05) is 0 Å². The fourth-order valence-electron chi connectivity index (χ4n) is 9.85. The molecule has 6 heteroatoms. The van der Waals surface area contributed by atoms with Gasteiger partial charge in [-0.1, -0.05) is 287 Å². The lowest BCUT2D eigenvalue weighted by Crippen LogP contribution is -2.30. The van der Waals surface area contributed by atoms with Gasteiger partial charge in [0.15, 0.2) is 6.10 Å². The van der Waals surface area contributed by atoms with Crippen molar-refractivity contribution in [2.24, 2.45) is 0 Å². The topological polar surface area (TPSA) is 78.9 Å². The van der Waals surface area contributed by atoms with E-state index in [0.29, 0.717) is 19.3 Å². The van der Waals surface area contributed by atoms with Crippen molar-refractivity contribution in [1.29, 1.82) is 0 Å². The van der Waals surface area contributed by atoms with E-state index in [-0.39, 0.29) is 31.1 Å². The number of hydrogen-bond acceptors (Lipinski definition) is 6. The summed E-state index contributed by atoms with van der Waals surface area (Å²) in [6, 6.07) is 0. The average molecular weight is 1080 g/mol. The Morgan fingerprint density at radius 2 is 0.468 bits per heavy atom. The molecule has 0 bridgehead atoms. The van der Waals surface area contributed by atoms with E-state index >= 15 is 0 Å². The summed E-state index contributed by atoms with van der Waals surface area (Å²) in [7, 11) is 0. The lowest BCUT2D eigenvalue weighted by Gasteiger charge is -2.18. The first kappa shape index (κ1) is 74.1. The molecule has 0 amide bonds. The van der Waals surface area contributed by atoms with Crippen LogP contribution in [-0.2, 0) is 28.6 Å². The van der Waals surface area contributed by atoms with E-state index in [0.717, 1.165) is 77.0 Å². The molecule has 77 heavy (non-hydrogen) atoms. The van der Waals surface area contributed by atoms with Crippen molar-refractivity contribution in [1.82, 2.24) is 0 Å². The Labute approximate surface area is 479 Å². The van der Waals surface area contributed by atoms with E-state index in [1.165, 1.54) is 238 Å². The second kappa shape index (κ2) is 65.6. The molecule has 0 rings (SSSR count). The molecule has 6 nitrogen and oxygen atoms in total. The van der Waals surface area contributed by atoms with Gasteiger partial charge in [0, 0.05) is 19.3 Å². The van der Waals surface area contributed by atoms with Crippen LogP contribution in [0.25, 0.3) is 0 Å². The third kappa shape index (κ3) is 63.8. The zero-order valence-electron chi connectivity index (χ0n) is 51.5. The van der Waals surface area contributed by atoms with Gasteiger partial charge in [-0.25, -0.2) is 0 Å². The van der Waals surface area contributed by atoms with Gasteiger partial charge in [0.1, 0.15) is 13.2 Å². The molecule has 448 valence electrons. The van der Waals surface area contributed by atoms with Crippen molar-refractivity contribution < 1.29 is 28.6 Å². The highest BCUT2D eigenvalue weighted by Crippen LogP contribution is 2.17. The Morgan fingerprint density at radius 3 is 0.740 bits per heavy atom. The summed E-state index contributed by atoms with van der Waals surface area (Å²) in [5.74, 6) is -0.872. The van der Waals surface area contributed by atoms with Crippen LogP contribution in [0.2, 0.25) is 0 Å². The maximum atomic E-state index is 12.9. The highest BCUT2D eigenvalue weighted by atomic mass is 16.6. The summed E-state index contributed by atoms with van der Waals surface area (Å²) in [4.78, 5) is 38.4. The zero-order valence-corrected chi connectivity index (χ0v) is 51.5. The van der Waals surface area contributed by atoms with Gasteiger partial charge < -0.3 is 14.2 Å². The minimum atomic E-state index is -0.782. The molecule has 1 unspecified atom stereocenters. The fraction of sp³-hybridized carbons (Fsp3) is 0.817. The highest BCUT2D eigenvalue weighted by Gasteiger charge is 2.19. The van der Waals surface area contributed by atoms with E-state index in [1.54, 1.807) is 0 Å². The summed E-state index contributed by atoms with van der Waals surface area (Å²) in [6.45, 7) is 6.65. The van der Waals surface area contributed by atoms with Gasteiger partial charge in [-0.3, -0.25) is 14.4 Å². The van der Waals surface area contributed by atoms with Gasteiger partial charge in [-0.2, -0.15) is 0 Å². The van der Waals surface area contributed by atoms with Crippen LogP contribution in [0.3, 0.4) is 0 Å². The predicted molar refractivity (Wildman–Crippen MR) is 335 cm³/mol. The standard InChI is InChI=1S/C71H128O6/c1-4-7-10-13-16-19-22-25-28-31-34-35-36-37-38-41-43-46-49-52-55-58-61-64-70(73)76-67-68(77-71(74)65-62-59-56-53-50-47-44-40-33-30-27-24-21-18-15-12-9-6-3)66-75-69(72)63-60-57-54-51-48-45-42-39-32-29-26-23-20-17-14-11-8-5-2/h21-22,24-25,29-34,68H,4-20,23,26-28,35-67H2,1-3H3/b24-21-,25-22-,32-29-,33-30-,34-31-. The number of hydrogen-bond donors (Lipinski definition) is 0. The molecule has 0 N–H and O–H groups in total. The summed E-state index contributed by atoms with van der Waals surface area (Å²) in [5, 5.41) is 0. The molecule has 0 radical (unpaired) electrons. The van der Waals surface area contributed by atoms with Crippen molar-refractivity contribution >= 4 is 17.9 Å². The van der Waals surface area contributed by atoms with E-state index in [4.69, 9.17) is 14.2 Å². The highest BCUT2D eigenvalue weighted by molar-refractivity contribution is 5.71. The smallest absolute Gasteiger partial charge is 0.306 e. The van der Waals surface area contributed by atoms with Gasteiger partial charge >= 0.3 is 17.9 Å². The van der Waals surface area contributed by atoms with Crippen molar-refractivity contribution in [3.8, 4) is 0 Å². The van der Waals surface area contributed by atoms with Crippen molar-refractivity contribution in [2.45, 2.75) is 361 Å². The first-order chi connectivity index (χ1) is 38.0. The summed E-state index contributed by atoms with van der Waals surface area (Å²) in [6.07, 6.45) is 83.7. The Bertz CT molecular complexity index is 1380. The Kier molecular flexibility index (Phi) is 63.2. The van der Waals surface area contributed by atoms with Crippen molar-refractivity contribution in [3.63, 3.8) is 0 Å². The van der Waals surface area contributed by atoms with Crippen LogP contribution in [-0.4, -0.2) is 37.2 Å². The SMILES string of the molecule is CCCCCC/C=C\C/C=C\CCCCCCCCCC(=O)OC(COC(=O)CCCCCCCCC/C=C\CCCCCCCCC)COC(=O)CCCCCCCCCCCCC/C=C\C/C=C\CCCCCCC. The van der Waals surface area contributed by atoms with Crippen LogP contribution in [0, 0.1) is 0 Å². The summed E-state index contributed by atoms with van der Waals surface area (Å²) < 4.78 is 17.0. The molecular weight excluding hydrogens is 949 g/mol. The monoisotopic (exact) mass is 1080 g/mol. The summed E-state index contributed by atoms with van der Waals surface area (Å²) in [5.41, 5.74) is 0. The van der Waals surface area contributed by atoms with Crippen molar-refractivity contribution in [3.05, 3.63) is 60.8 Å². The van der Waals surface area contributed by atoms with Crippen molar-refractivity contribution in [2.75, 3.05) is 13.2 Å². The maximum absolute atomic E-state index is 12.9. The van der Waals surface area contributed by atoms with Crippen LogP contribution in [0.5, 0.6) is 0 Å². The molecule has 0 aliphatic rings. The number of esters is 3. The molecule has 0 aliphatic carbocycles. The molecule has 0 spiro atoms. The zero-order chi connectivity index (χ0) is 55.7. The average Bonchev–Trinajstić information content (AvgIpc) is 3.43. The number of unbranched alkanes of at least 4 members (excludes halogenated alkanes) is 41. The molecular formula is C71H128O6. The molecule has 0 aromatic rings. The molecule has 1 atom stereocenters. The van der Waals surface area contributed by atoms with Crippen LogP contribution in [0.1, 0.15) is 355 Å². The number of carbonyl (C=O) groups is 3. The molecule has 0 fully saturated rings. The lowest BCUT2D eigenvalue weighted by atomic mass is 10.0. The van der Waals surface area contributed by atoms with Crippen LogP contribution in [0.4, 0.5) is 0 Å². The van der Waals surface area contributed by atoms with Gasteiger partial charge in [0.2, 0.25) is 0 Å². The molecule has 0 aromatic heterocycles. The lowest BCUT2D eigenvalue weighted by molar-refractivity contribution is -0.167. The van der Waals surface area contributed by atoms with Crippen LogP contribution < -0.4 is 0 Å². The second-order valence-corrected chi connectivity index (χ2v) is 22.7. The normalized spacial score (nSPS) is 12.4. The first-order valence-electron chi connectivity index (χ1n) is 33.8. The Balaban J connectivity index is 4.35. The number of ether oxygens (including phenoxy) is 3. The predicted octanol–water partition coefficient (Wildman–Crippen LogP) is 23.1. The number of rotatable bonds is 62. The minimum absolute atomic E-state index is 0.0779. The van der Waals surface area contributed by atoms with Gasteiger partial charge in [-0.05, 0) is 109 Å². The summed E-state index contributed by atoms with van der Waals surface area (Å²) >= 11 is 0. The second-order valence-electron chi connectivity index (χ2n) is 22.7. The largest absolute Gasteiger partial charge is 0.462 e. The van der Waals surface area contributed by atoms with E-state index in [9.17, 15) is 14.4 Å². The minimum Gasteiger partial charge on any atom is -0.462 e. The van der Waals surface area contributed by atoms with Gasteiger partial charge in [0.05, 0.1) is 0 Å². The van der Waals surface area contributed by atoms with Gasteiger partial charge in [0.25, 0.3) is 0 Å². The third-order valence-corrected chi connectivity index (χ3v) is 15.0. The molecule has 0 saturated carbocycles. The number of carbonyl (C=O) groups excluding carboxylic acids is 3. The Hall–Kier alpha value is -2.89. The third-order valence-electron chi connectivity index (χ3n) is 15.0. The van der Waals surface area contributed by atoms with Crippen LogP contribution in [0.15, 0.2) is 60.8 Å². The number of allylic oxidation sites excluding steroid dienone is 10. The van der Waals surface area contributed by atoms with E-state index in [2.05, 4.69) is 81.5 Å². The van der Waals surface area contributed by atoms with Gasteiger partial charge in [-0.15, -0.1) is 0 Å². The van der Waals surface area contributed by atoms with E-state index < -0.39 is 6.10 Å². The maximum Gasteiger partial charge on any atom is 0.306 e. The Morgan fingerprint density at radius 1 is 0.260 bits per heavy atom. The molecule has 0 heterocycles. The fourth-order valence-corrected chi connectivity index (χ4v) is 9.85. The molecule has 0 aromatic carbocycles. The first-order valence-corrected chi connectivity index (χ1v) is 33.8. The quantitative estimate of drug-likeness (QED) is 0.0261. The molecule has 0 saturated heterocycles. The van der Waals surface area contributed by atoms with Crippen LogP contribution >= 0.6 is 0 Å².